The number of aryl methyl sites for hydroxylation is 1. The fraction of sp³-hybridized carbons (Fsp3) is 0.333. The van der Waals surface area contributed by atoms with Gasteiger partial charge in [0.2, 0.25) is 5.78 Å². The molecule has 0 atom stereocenters. The number of pyridine rings is 1. The van der Waals surface area contributed by atoms with Crippen molar-refractivity contribution in [2.24, 2.45) is 11.8 Å². The van der Waals surface area contributed by atoms with Crippen LogP contribution in [-0.2, 0) is 28.8 Å². The van der Waals surface area contributed by atoms with Gasteiger partial charge in [0.25, 0.3) is 0 Å². The monoisotopic (exact) mass is 628 g/mol. The molecule has 2 heterocycles. The van der Waals surface area contributed by atoms with E-state index in [0.29, 0.717) is 49.0 Å². The summed E-state index contributed by atoms with van der Waals surface area (Å²) in [5.41, 5.74) is 9.32. The van der Waals surface area contributed by atoms with Gasteiger partial charge in [0.1, 0.15) is 0 Å². The first-order valence-corrected chi connectivity index (χ1v) is 17.0. The second kappa shape index (κ2) is 15.8. The number of carbonyl (C=O) groups excluding carboxylic acids is 2. The fourth-order valence-corrected chi connectivity index (χ4v) is 6.28. The lowest BCUT2D eigenvalue weighted by atomic mass is 9.93. The van der Waals surface area contributed by atoms with Crippen LogP contribution in [0.25, 0.3) is 5.52 Å². The summed E-state index contributed by atoms with van der Waals surface area (Å²) in [5, 5.41) is 3.76. The smallest absolute Gasteiger partial charge is 0.305 e. The maximum absolute atomic E-state index is 13.8. The van der Waals surface area contributed by atoms with E-state index in [9.17, 15) is 9.59 Å². The Balaban J connectivity index is 1.37. The van der Waals surface area contributed by atoms with Gasteiger partial charge in [-0.15, -0.1) is 0 Å². The van der Waals surface area contributed by atoms with Gasteiger partial charge in [-0.2, -0.15) is 0 Å². The van der Waals surface area contributed by atoms with Crippen LogP contribution in [0.1, 0.15) is 97.4 Å². The number of ketones is 1. The van der Waals surface area contributed by atoms with Gasteiger partial charge in [0.05, 0.1) is 18.3 Å². The number of benzene rings is 3. The quantitative estimate of drug-likeness (QED) is 0.0926. The molecule has 0 radical (unpaired) electrons. The Morgan fingerprint density at radius 2 is 1.36 bits per heavy atom. The van der Waals surface area contributed by atoms with E-state index in [1.54, 1.807) is 0 Å². The van der Waals surface area contributed by atoms with Crippen LogP contribution in [0.5, 0.6) is 0 Å². The average Bonchev–Trinajstić information content (AvgIpc) is 3.43. The molecule has 244 valence electrons. The molecule has 5 nitrogen and oxygen atoms in total. The predicted octanol–water partition coefficient (Wildman–Crippen LogP) is 9.65. The molecule has 0 amide bonds. The highest BCUT2D eigenvalue weighted by molar-refractivity contribution is 6.09. The van der Waals surface area contributed by atoms with Crippen LogP contribution in [0.2, 0.25) is 0 Å². The van der Waals surface area contributed by atoms with Crippen molar-refractivity contribution in [3.05, 3.63) is 142 Å². The first-order valence-electron chi connectivity index (χ1n) is 17.0. The molecule has 0 unspecified atom stereocenters. The van der Waals surface area contributed by atoms with Crippen molar-refractivity contribution < 1.29 is 14.3 Å². The average molecular weight is 629 g/mol. The summed E-state index contributed by atoms with van der Waals surface area (Å²) in [6.45, 7) is 11.2. The number of anilines is 1. The number of rotatable bonds is 15. The van der Waals surface area contributed by atoms with E-state index < -0.39 is 0 Å². The number of hydrogen-bond acceptors (Lipinski definition) is 4. The number of hydrogen-bond donors (Lipinski definition) is 1. The molecule has 5 heteroatoms. The Kier molecular flexibility index (Phi) is 11.3. The van der Waals surface area contributed by atoms with Crippen LogP contribution in [0.15, 0.2) is 103 Å². The summed E-state index contributed by atoms with van der Waals surface area (Å²) in [4.78, 5) is 25.7. The highest BCUT2D eigenvalue weighted by Gasteiger charge is 2.19. The molecule has 47 heavy (non-hydrogen) atoms. The van der Waals surface area contributed by atoms with Crippen LogP contribution >= 0.6 is 0 Å². The minimum atomic E-state index is -0.186. The number of nitrogens with zero attached hydrogens (tertiary/aromatic N) is 1. The maximum atomic E-state index is 13.8. The zero-order valence-corrected chi connectivity index (χ0v) is 28.5. The lowest BCUT2D eigenvalue weighted by Crippen LogP contribution is -2.13. The van der Waals surface area contributed by atoms with Gasteiger partial charge in [0, 0.05) is 29.4 Å². The number of nitrogens with one attached hydrogen (secondary N) is 1. The third-order valence-electron chi connectivity index (χ3n) is 8.50. The Morgan fingerprint density at radius 3 is 1.91 bits per heavy atom. The van der Waals surface area contributed by atoms with Gasteiger partial charge >= 0.3 is 5.97 Å². The molecule has 0 aliphatic rings. The first-order chi connectivity index (χ1) is 22.7. The van der Waals surface area contributed by atoms with Crippen molar-refractivity contribution in [3.63, 3.8) is 0 Å². The molecule has 0 aliphatic carbocycles. The third-order valence-corrected chi connectivity index (χ3v) is 8.50. The van der Waals surface area contributed by atoms with Crippen molar-refractivity contribution in [3.8, 4) is 0 Å². The number of esters is 1. The summed E-state index contributed by atoms with van der Waals surface area (Å²) in [6.07, 6.45) is 5.77. The topological polar surface area (TPSA) is 59.8 Å². The Morgan fingerprint density at radius 1 is 0.766 bits per heavy atom. The lowest BCUT2D eigenvalue weighted by molar-refractivity contribution is -0.143. The van der Waals surface area contributed by atoms with E-state index in [4.69, 9.17) is 4.74 Å². The SMILES string of the molecule is CCOC(=O)CCCc1cc(C(=O)c2ccc(NC(c3ccc(CC(C)C)cc3)c3ccc(CC(C)C)cc3)cc2)n2ccccc12. The predicted molar refractivity (Wildman–Crippen MR) is 192 cm³/mol. The Hall–Kier alpha value is -4.64. The van der Waals surface area contributed by atoms with Crippen molar-refractivity contribution in [2.45, 2.75) is 72.8 Å². The van der Waals surface area contributed by atoms with Crippen LogP contribution in [-0.4, -0.2) is 22.8 Å². The molecule has 5 aromatic rings. The second-order valence-electron chi connectivity index (χ2n) is 13.3. The zero-order chi connectivity index (χ0) is 33.3. The first kappa shape index (κ1) is 33.7. The number of carbonyl (C=O) groups is 2. The second-order valence-corrected chi connectivity index (χ2v) is 13.3. The highest BCUT2D eigenvalue weighted by atomic mass is 16.5. The van der Waals surface area contributed by atoms with Gasteiger partial charge in [-0.05, 0) is 115 Å². The molecular formula is C42H48N2O3. The van der Waals surface area contributed by atoms with Crippen molar-refractivity contribution in [1.29, 1.82) is 0 Å². The fourth-order valence-electron chi connectivity index (χ4n) is 6.28. The van der Waals surface area contributed by atoms with Gasteiger partial charge in [-0.1, -0.05) is 82.3 Å². The molecule has 0 bridgehead atoms. The van der Waals surface area contributed by atoms with E-state index in [1.165, 1.54) is 22.3 Å². The molecule has 0 fully saturated rings. The number of fused-ring (bicyclic) bond motifs is 1. The molecule has 0 saturated carbocycles. The highest BCUT2D eigenvalue weighted by Crippen LogP contribution is 2.29. The molecule has 0 spiro atoms. The van der Waals surface area contributed by atoms with Crippen LogP contribution < -0.4 is 5.32 Å². The van der Waals surface area contributed by atoms with Gasteiger partial charge in [0.15, 0.2) is 0 Å². The summed E-state index contributed by atoms with van der Waals surface area (Å²) in [6, 6.07) is 33.6. The molecule has 0 saturated heterocycles. The van der Waals surface area contributed by atoms with E-state index in [1.807, 2.05) is 66.1 Å². The summed E-state index contributed by atoms with van der Waals surface area (Å²) in [7, 11) is 0. The maximum Gasteiger partial charge on any atom is 0.305 e. The van der Waals surface area contributed by atoms with Crippen molar-refractivity contribution >= 4 is 23.0 Å². The van der Waals surface area contributed by atoms with Gasteiger partial charge in [-0.25, -0.2) is 0 Å². The van der Waals surface area contributed by atoms with E-state index in [2.05, 4.69) is 81.5 Å². The lowest BCUT2D eigenvalue weighted by Gasteiger charge is -2.22. The summed E-state index contributed by atoms with van der Waals surface area (Å²) >= 11 is 0. The standard InChI is InChI=1S/C42H48N2O3/c1-6-47-40(45)12-9-10-36-28-39(44-25-8-7-11-38(36)44)42(46)35-21-23-37(24-22-35)43-41(33-17-13-31(14-18-33)26-29(2)3)34-19-15-32(16-20-34)27-30(4)5/h7-8,11,13-25,28-30,41,43H,6,9-10,12,26-27H2,1-5H3. The summed E-state index contributed by atoms with van der Waals surface area (Å²) < 4.78 is 7.04. The summed E-state index contributed by atoms with van der Waals surface area (Å²) in [5.74, 6) is 0.997. The number of aromatic nitrogens is 1. The molecule has 2 aromatic heterocycles. The Labute approximate surface area is 280 Å². The Bertz CT molecular complexity index is 1710. The minimum Gasteiger partial charge on any atom is -0.466 e. The van der Waals surface area contributed by atoms with Crippen LogP contribution in [0, 0.1) is 11.8 Å². The van der Waals surface area contributed by atoms with Crippen LogP contribution in [0.3, 0.4) is 0 Å². The van der Waals surface area contributed by atoms with Gasteiger partial charge in [-0.3, -0.25) is 9.59 Å². The molecule has 0 aliphatic heterocycles. The van der Waals surface area contributed by atoms with Crippen molar-refractivity contribution in [1.82, 2.24) is 4.40 Å². The third kappa shape index (κ3) is 8.79. The van der Waals surface area contributed by atoms with E-state index in [-0.39, 0.29) is 17.8 Å². The van der Waals surface area contributed by atoms with Crippen LogP contribution in [0.4, 0.5) is 5.69 Å². The molecular weight excluding hydrogens is 580 g/mol. The van der Waals surface area contributed by atoms with E-state index >= 15 is 0 Å². The van der Waals surface area contributed by atoms with E-state index in [0.717, 1.165) is 29.6 Å². The molecule has 5 rings (SSSR count). The molecule has 1 N–H and O–H groups in total. The minimum absolute atomic E-state index is 0.0348. The molecule has 3 aromatic carbocycles. The number of ether oxygens (including phenoxy) is 1. The van der Waals surface area contributed by atoms with Crippen molar-refractivity contribution in [2.75, 3.05) is 11.9 Å². The normalized spacial score (nSPS) is 11.5. The van der Waals surface area contributed by atoms with Gasteiger partial charge < -0.3 is 14.5 Å². The largest absolute Gasteiger partial charge is 0.466 e. The zero-order valence-electron chi connectivity index (χ0n) is 28.5.